The molecule has 0 aliphatic rings. The van der Waals surface area contributed by atoms with Gasteiger partial charge in [-0.25, -0.2) is 8.42 Å². The maximum Gasteiger partial charge on any atom is 0.263 e. The van der Waals surface area contributed by atoms with E-state index in [-0.39, 0.29) is 16.3 Å². The van der Waals surface area contributed by atoms with Crippen molar-refractivity contribution in [3.8, 4) is 22.6 Å². The van der Waals surface area contributed by atoms with Gasteiger partial charge in [0.15, 0.2) is 5.82 Å². The number of sulfonamides is 1. The highest BCUT2D eigenvalue weighted by Crippen LogP contribution is 2.38. The summed E-state index contributed by atoms with van der Waals surface area (Å²) in [5, 5.41) is 5.13. The van der Waals surface area contributed by atoms with Crippen LogP contribution in [0.15, 0.2) is 87.2 Å². The van der Waals surface area contributed by atoms with Crippen molar-refractivity contribution in [3.05, 3.63) is 99.0 Å². The molecule has 2 heterocycles. The molecule has 8 nitrogen and oxygen atoms in total. The second-order valence-corrected chi connectivity index (χ2v) is 10.7. The molecule has 11 heteroatoms. The molecular formula is C26H19Cl2N3O5S. The minimum Gasteiger partial charge on any atom is -0.495 e. The number of aryl methyl sites for hydroxylation is 1. The Morgan fingerprint density at radius 1 is 0.973 bits per heavy atom. The smallest absolute Gasteiger partial charge is 0.263 e. The highest BCUT2D eigenvalue weighted by Gasteiger charge is 2.19. The highest BCUT2D eigenvalue weighted by atomic mass is 35.5. The standard InChI is InChI=1S/C26H19Cl2N3O5S/c1-15-11-16(3-6-20(15)27)19-13-24(35-2)23(14-21(19)28)31-22-7-5-18(12-17(22)4-8-26(31)32)37(33,34)30-25-9-10-36-29-25/h3-14H,1-2H3,(H,29,30). The normalized spacial score (nSPS) is 11.6. The largest absolute Gasteiger partial charge is 0.495 e. The van der Waals surface area contributed by atoms with Gasteiger partial charge in [-0.3, -0.25) is 14.1 Å². The van der Waals surface area contributed by atoms with Gasteiger partial charge < -0.3 is 9.26 Å². The molecule has 188 valence electrons. The van der Waals surface area contributed by atoms with Crippen molar-refractivity contribution < 1.29 is 17.7 Å². The topological polar surface area (TPSA) is 103 Å². The maximum atomic E-state index is 13.0. The second-order valence-electron chi connectivity index (χ2n) is 8.19. The van der Waals surface area contributed by atoms with Crippen LogP contribution in [0.5, 0.6) is 5.75 Å². The summed E-state index contributed by atoms with van der Waals surface area (Å²) in [5.41, 5.74) is 2.99. The van der Waals surface area contributed by atoms with Crippen LogP contribution in [0.2, 0.25) is 10.0 Å². The van der Waals surface area contributed by atoms with Crippen molar-refractivity contribution in [1.82, 2.24) is 9.72 Å². The number of rotatable bonds is 6. The summed E-state index contributed by atoms with van der Waals surface area (Å²) in [6.45, 7) is 1.90. The Labute approximate surface area is 222 Å². The second kappa shape index (κ2) is 9.59. The Hall–Kier alpha value is -3.79. The average Bonchev–Trinajstić information content (AvgIpc) is 3.37. The molecule has 2 aromatic heterocycles. The zero-order valence-corrected chi connectivity index (χ0v) is 21.9. The monoisotopic (exact) mass is 555 g/mol. The van der Waals surface area contributed by atoms with E-state index in [9.17, 15) is 13.2 Å². The molecule has 5 rings (SSSR count). The maximum absolute atomic E-state index is 13.0. The lowest BCUT2D eigenvalue weighted by Gasteiger charge is -2.17. The first kappa shape index (κ1) is 24.9. The summed E-state index contributed by atoms with van der Waals surface area (Å²) in [6.07, 6.45) is 1.26. The van der Waals surface area contributed by atoms with Gasteiger partial charge in [0.25, 0.3) is 15.6 Å². The van der Waals surface area contributed by atoms with E-state index in [1.165, 1.54) is 42.2 Å². The highest BCUT2D eigenvalue weighted by molar-refractivity contribution is 7.92. The molecule has 3 aromatic carbocycles. The Bertz CT molecular complexity index is 1820. The number of benzene rings is 3. The lowest BCUT2D eigenvalue weighted by Crippen LogP contribution is -2.19. The van der Waals surface area contributed by atoms with Crippen LogP contribution in [0.1, 0.15) is 5.56 Å². The fourth-order valence-electron chi connectivity index (χ4n) is 4.02. The van der Waals surface area contributed by atoms with Crippen LogP contribution < -0.4 is 15.0 Å². The van der Waals surface area contributed by atoms with Crippen molar-refractivity contribution in [3.63, 3.8) is 0 Å². The molecule has 0 amide bonds. The van der Waals surface area contributed by atoms with Gasteiger partial charge in [0.05, 0.1) is 28.2 Å². The SMILES string of the molecule is COc1cc(-c2ccc(Cl)c(C)c2)c(Cl)cc1-n1c(=O)ccc2cc(S(=O)(=O)Nc3ccon3)ccc21. The third-order valence-electron chi connectivity index (χ3n) is 5.83. The summed E-state index contributed by atoms with van der Waals surface area (Å²) in [5.74, 6) is 0.464. The first-order valence-electron chi connectivity index (χ1n) is 10.9. The first-order chi connectivity index (χ1) is 17.7. The quantitative estimate of drug-likeness (QED) is 0.272. The molecule has 0 radical (unpaired) electrons. The van der Waals surface area contributed by atoms with Gasteiger partial charge in [-0.2, -0.15) is 0 Å². The summed E-state index contributed by atoms with van der Waals surface area (Å²) in [4.78, 5) is 13.0. The van der Waals surface area contributed by atoms with Gasteiger partial charge in [-0.1, -0.05) is 34.4 Å². The molecule has 0 spiro atoms. The predicted molar refractivity (Wildman–Crippen MR) is 144 cm³/mol. The van der Waals surface area contributed by atoms with E-state index in [4.69, 9.17) is 27.9 Å². The third kappa shape index (κ3) is 4.69. The van der Waals surface area contributed by atoms with Crippen molar-refractivity contribution in [1.29, 1.82) is 0 Å². The number of fused-ring (bicyclic) bond motifs is 1. The predicted octanol–water partition coefficient (Wildman–Crippen LogP) is 6.07. The van der Waals surface area contributed by atoms with E-state index in [0.29, 0.717) is 37.9 Å². The van der Waals surface area contributed by atoms with Crippen LogP contribution in [0, 0.1) is 6.92 Å². The number of nitrogens with one attached hydrogen (secondary N) is 1. The summed E-state index contributed by atoms with van der Waals surface area (Å²) in [7, 11) is -2.44. The number of anilines is 1. The number of nitrogens with zero attached hydrogens (tertiary/aromatic N) is 2. The van der Waals surface area contributed by atoms with E-state index in [1.54, 1.807) is 30.3 Å². The number of methoxy groups -OCH3 is 1. The molecule has 0 fully saturated rings. The minimum absolute atomic E-state index is 0.00773. The molecule has 0 saturated heterocycles. The van der Waals surface area contributed by atoms with E-state index >= 15 is 0 Å². The Balaban J connectivity index is 1.64. The number of ether oxygens (including phenoxy) is 1. The molecule has 1 N–H and O–H groups in total. The number of halogens is 2. The molecule has 0 unspecified atom stereocenters. The summed E-state index contributed by atoms with van der Waals surface area (Å²) in [6, 6.07) is 17.7. The van der Waals surface area contributed by atoms with Crippen molar-refractivity contribution in [2.24, 2.45) is 0 Å². The van der Waals surface area contributed by atoms with E-state index < -0.39 is 10.0 Å². The zero-order valence-electron chi connectivity index (χ0n) is 19.5. The number of hydrogen-bond acceptors (Lipinski definition) is 6. The molecule has 0 aliphatic carbocycles. The molecule has 0 atom stereocenters. The molecule has 5 aromatic rings. The van der Waals surface area contributed by atoms with Crippen LogP contribution in [-0.2, 0) is 10.0 Å². The number of hydrogen-bond donors (Lipinski definition) is 1. The average molecular weight is 556 g/mol. The van der Waals surface area contributed by atoms with Gasteiger partial charge in [0.2, 0.25) is 0 Å². The number of pyridine rings is 1. The molecule has 0 aliphatic heterocycles. The van der Waals surface area contributed by atoms with Crippen LogP contribution in [-0.4, -0.2) is 25.3 Å². The third-order valence-corrected chi connectivity index (χ3v) is 7.92. The van der Waals surface area contributed by atoms with Crippen LogP contribution >= 0.6 is 23.2 Å². The molecular weight excluding hydrogens is 537 g/mol. The molecule has 0 bridgehead atoms. The fourth-order valence-corrected chi connectivity index (χ4v) is 5.43. The number of aromatic nitrogens is 2. The Kier molecular flexibility index (Phi) is 6.45. The zero-order chi connectivity index (χ0) is 26.3. The van der Waals surface area contributed by atoms with Gasteiger partial charge in [-0.05, 0) is 66.6 Å². The van der Waals surface area contributed by atoms with Gasteiger partial charge in [0, 0.05) is 28.1 Å². The van der Waals surface area contributed by atoms with E-state index in [1.807, 2.05) is 19.1 Å². The first-order valence-corrected chi connectivity index (χ1v) is 13.2. The van der Waals surface area contributed by atoms with Crippen LogP contribution in [0.4, 0.5) is 5.82 Å². The van der Waals surface area contributed by atoms with Crippen molar-refractivity contribution >= 4 is 49.9 Å². The Morgan fingerprint density at radius 3 is 2.49 bits per heavy atom. The Morgan fingerprint density at radius 2 is 1.78 bits per heavy atom. The lowest BCUT2D eigenvalue weighted by atomic mass is 10.0. The summed E-state index contributed by atoms with van der Waals surface area (Å²) < 4.78 is 39.7. The van der Waals surface area contributed by atoms with E-state index in [0.717, 1.165) is 11.1 Å². The lowest BCUT2D eigenvalue weighted by molar-refractivity contribution is 0.413. The van der Waals surface area contributed by atoms with Crippen LogP contribution in [0.3, 0.4) is 0 Å². The molecule has 37 heavy (non-hydrogen) atoms. The van der Waals surface area contributed by atoms with Gasteiger partial charge in [-0.15, -0.1) is 0 Å². The van der Waals surface area contributed by atoms with Gasteiger partial charge >= 0.3 is 0 Å². The van der Waals surface area contributed by atoms with Crippen molar-refractivity contribution in [2.45, 2.75) is 11.8 Å². The molecule has 0 saturated carbocycles. The fraction of sp³-hybridized carbons (Fsp3) is 0.0769. The van der Waals surface area contributed by atoms with Gasteiger partial charge in [0.1, 0.15) is 12.0 Å². The van der Waals surface area contributed by atoms with Crippen LogP contribution in [0.25, 0.3) is 27.7 Å². The van der Waals surface area contributed by atoms with Crippen molar-refractivity contribution in [2.75, 3.05) is 11.8 Å². The van der Waals surface area contributed by atoms with E-state index in [2.05, 4.69) is 14.4 Å². The summed E-state index contributed by atoms with van der Waals surface area (Å²) >= 11 is 12.9. The minimum atomic E-state index is -3.94.